The molecule has 8 heteroatoms. The van der Waals surface area contributed by atoms with Gasteiger partial charge in [0.05, 0.1) is 16.3 Å². The second kappa shape index (κ2) is 9.69. The van der Waals surface area contributed by atoms with E-state index >= 15 is 0 Å². The van der Waals surface area contributed by atoms with Crippen molar-refractivity contribution < 1.29 is 14.4 Å². The lowest BCUT2D eigenvalue weighted by atomic mass is 9.84. The Bertz CT molecular complexity index is 1020. The van der Waals surface area contributed by atoms with Gasteiger partial charge in [0.1, 0.15) is 5.82 Å². The van der Waals surface area contributed by atoms with E-state index in [1.165, 1.54) is 6.20 Å². The van der Waals surface area contributed by atoms with Crippen LogP contribution in [0.4, 0.5) is 11.5 Å². The SMILES string of the molecule is Cc1ccc(NC(=O)C2CCC(N3CCCC3=O)CC2)c(C(=O)Nc2ccc(Cl)cn2)c1. The Hall–Kier alpha value is -2.93. The van der Waals surface area contributed by atoms with Gasteiger partial charge >= 0.3 is 0 Å². The van der Waals surface area contributed by atoms with Gasteiger partial charge in [-0.2, -0.15) is 0 Å². The van der Waals surface area contributed by atoms with Gasteiger partial charge in [-0.15, -0.1) is 0 Å². The third-order valence-corrected chi connectivity index (χ3v) is 6.49. The molecule has 1 aliphatic heterocycles. The lowest BCUT2D eigenvalue weighted by Crippen LogP contribution is -2.40. The molecule has 1 aromatic carbocycles. The number of pyridine rings is 1. The average Bonchev–Trinajstić information content (AvgIpc) is 3.22. The normalized spacial score (nSPS) is 20.8. The zero-order valence-corrected chi connectivity index (χ0v) is 18.8. The number of rotatable bonds is 5. The number of nitrogens with zero attached hydrogens (tertiary/aromatic N) is 2. The van der Waals surface area contributed by atoms with Crippen LogP contribution in [0.2, 0.25) is 5.02 Å². The molecule has 0 radical (unpaired) electrons. The van der Waals surface area contributed by atoms with E-state index in [0.29, 0.717) is 28.5 Å². The van der Waals surface area contributed by atoms with E-state index in [0.717, 1.165) is 44.2 Å². The van der Waals surface area contributed by atoms with Gasteiger partial charge in [-0.1, -0.05) is 23.2 Å². The third kappa shape index (κ3) is 5.10. The highest BCUT2D eigenvalue weighted by molar-refractivity contribution is 6.30. The molecule has 2 aromatic rings. The molecule has 0 spiro atoms. The lowest BCUT2D eigenvalue weighted by molar-refractivity contribution is -0.130. The van der Waals surface area contributed by atoms with Crippen LogP contribution in [0, 0.1) is 12.8 Å². The minimum absolute atomic E-state index is 0.0845. The Balaban J connectivity index is 1.40. The summed E-state index contributed by atoms with van der Waals surface area (Å²) in [5.74, 6) is 0.0595. The standard InChI is InChI=1S/C24H27ClN4O3/c1-15-4-10-20(19(13-15)24(32)28-21-11-7-17(25)14-26-21)27-23(31)16-5-8-18(9-6-16)29-12-2-3-22(29)30/h4,7,10-11,13-14,16,18H,2-3,5-6,8-9,12H2,1H3,(H,27,31)(H,26,28,32). The lowest BCUT2D eigenvalue weighted by Gasteiger charge is -2.34. The van der Waals surface area contributed by atoms with E-state index in [-0.39, 0.29) is 29.7 Å². The van der Waals surface area contributed by atoms with Gasteiger partial charge in [-0.3, -0.25) is 14.4 Å². The maximum atomic E-state index is 13.0. The van der Waals surface area contributed by atoms with Crippen LogP contribution in [0.25, 0.3) is 0 Å². The molecule has 1 aliphatic carbocycles. The van der Waals surface area contributed by atoms with Crippen molar-refractivity contribution in [3.63, 3.8) is 0 Å². The number of aromatic nitrogens is 1. The van der Waals surface area contributed by atoms with Gasteiger partial charge < -0.3 is 15.5 Å². The summed E-state index contributed by atoms with van der Waals surface area (Å²) >= 11 is 5.85. The fourth-order valence-electron chi connectivity index (χ4n) is 4.53. The summed E-state index contributed by atoms with van der Waals surface area (Å²) in [4.78, 5) is 43.9. The van der Waals surface area contributed by atoms with Crippen LogP contribution >= 0.6 is 11.6 Å². The molecule has 1 aromatic heterocycles. The van der Waals surface area contributed by atoms with Gasteiger partial charge in [-0.05, 0) is 63.3 Å². The number of amides is 3. The minimum Gasteiger partial charge on any atom is -0.340 e. The van der Waals surface area contributed by atoms with Gasteiger partial charge in [0.15, 0.2) is 0 Å². The predicted molar refractivity (Wildman–Crippen MR) is 124 cm³/mol. The molecular weight excluding hydrogens is 428 g/mol. The quantitative estimate of drug-likeness (QED) is 0.699. The molecule has 7 nitrogen and oxygen atoms in total. The molecule has 4 rings (SSSR count). The van der Waals surface area contributed by atoms with Gasteiger partial charge in [-0.25, -0.2) is 4.98 Å². The first kappa shape index (κ1) is 22.3. The summed E-state index contributed by atoms with van der Waals surface area (Å²) < 4.78 is 0. The van der Waals surface area contributed by atoms with Crippen molar-refractivity contribution in [2.75, 3.05) is 17.2 Å². The topological polar surface area (TPSA) is 91.4 Å². The Kier molecular flexibility index (Phi) is 6.74. The summed E-state index contributed by atoms with van der Waals surface area (Å²) in [5, 5.41) is 6.19. The van der Waals surface area contributed by atoms with Gasteiger partial charge in [0, 0.05) is 31.1 Å². The number of halogens is 1. The van der Waals surface area contributed by atoms with Crippen LogP contribution in [0.15, 0.2) is 36.5 Å². The fraction of sp³-hybridized carbons (Fsp3) is 0.417. The Morgan fingerprint density at radius 2 is 1.88 bits per heavy atom. The van der Waals surface area contributed by atoms with Crippen LogP contribution in [0.1, 0.15) is 54.4 Å². The van der Waals surface area contributed by atoms with Crippen molar-refractivity contribution in [1.82, 2.24) is 9.88 Å². The minimum atomic E-state index is -0.352. The molecule has 1 saturated carbocycles. The highest BCUT2D eigenvalue weighted by Gasteiger charge is 2.33. The van der Waals surface area contributed by atoms with Crippen LogP contribution in [0.3, 0.4) is 0 Å². The first-order chi connectivity index (χ1) is 15.4. The van der Waals surface area contributed by atoms with E-state index in [1.807, 2.05) is 17.9 Å². The van der Waals surface area contributed by atoms with Crippen molar-refractivity contribution in [3.8, 4) is 0 Å². The molecule has 3 amide bonds. The number of benzene rings is 1. The van der Waals surface area contributed by atoms with E-state index < -0.39 is 0 Å². The molecule has 0 bridgehead atoms. The number of hydrogen-bond acceptors (Lipinski definition) is 4. The Labute approximate surface area is 192 Å². The maximum Gasteiger partial charge on any atom is 0.258 e. The molecule has 0 unspecified atom stereocenters. The highest BCUT2D eigenvalue weighted by atomic mass is 35.5. The second-order valence-electron chi connectivity index (χ2n) is 8.55. The van der Waals surface area contributed by atoms with Crippen molar-refractivity contribution in [2.45, 2.75) is 51.5 Å². The summed E-state index contributed by atoms with van der Waals surface area (Å²) in [6.07, 6.45) is 6.20. The molecule has 2 fully saturated rings. The van der Waals surface area contributed by atoms with Crippen LogP contribution < -0.4 is 10.6 Å². The van der Waals surface area contributed by atoms with Gasteiger partial charge in [0.25, 0.3) is 5.91 Å². The van der Waals surface area contributed by atoms with Crippen molar-refractivity contribution >= 4 is 40.8 Å². The van der Waals surface area contributed by atoms with Crippen molar-refractivity contribution in [3.05, 3.63) is 52.7 Å². The summed E-state index contributed by atoms with van der Waals surface area (Å²) in [7, 11) is 0. The van der Waals surface area contributed by atoms with Crippen LogP contribution in [-0.4, -0.2) is 40.2 Å². The first-order valence-electron chi connectivity index (χ1n) is 11.0. The third-order valence-electron chi connectivity index (χ3n) is 6.26. The monoisotopic (exact) mass is 454 g/mol. The van der Waals surface area contributed by atoms with Crippen LogP contribution in [0.5, 0.6) is 0 Å². The largest absolute Gasteiger partial charge is 0.340 e. The molecule has 0 atom stereocenters. The predicted octanol–water partition coefficient (Wildman–Crippen LogP) is 4.42. The zero-order valence-electron chi connectivity index (χ0n) is 18.1. The molecule has 2 N–H and O–H groups in total. The summed E-state index contributed by atoms with van der Waals surface area (Å²) in [5.41, 5.74) is 1.77. The number of anilines is 2. The number of likely N-dealkylation sites (tertiary alicyclic amines) is 1. The molecule has 1 saturated heterocycles. The van der Waals surface area contributed by atoms with E-state index in [1.54, 1.807) is 24.3 Å². The molecule has 2 aliphatic rings. The molecular formula is C24H27ClN4O3. The number of carbonyl (C=O) groups is 3. The van der Waals surface area contributed by atoms with Crippen molar-refractivity contribution in [1.29, 1.82) is 0 Å². The number of aryl methyl sites for hydroxylation is 1. The van der Waals surface area contributed by atoms with Crippen molar-refractivity contribution in [2.24, 2.45) is 5.92 Å². The Morgan fingerprint density at radius 3 is 2.53 bits per heavy atom. The van der Waals surface area contributed by atoms with Crippen LogP contribution in [-0.2, 0) is 9.59 Å². The summed E-state index contributed by atoms with van der Waals surface area (Å²) in [6, 6.07) is 8.89. The number of hydrogen-bond donors (Lipinski definition) is 2. The molecule has 32 heavy (non-hydrogen) atoms. The Morgan fingerprint density at radius 1 is 1.09 bits per heavy atom. The second-order valence-corrected chi connectivity index (χ2v) is 8.99. The van der Waals surface area contributed by atoms with E-state index in [2.05, 4.69) is 15.6 Å². The van der Waals surface area contributed by atoms with E-state index in [9.17, 15) is 14.4 Å². The van der Waals surface area contributed by atoms with E-state index in [4.69, 9.17) is 11.6 Å². The fourth-order valence-corrected chi connectivity index (χ4v) is 4.64. The molecule has 2 heterocycles. The average molecular weight is 455 g/mol. The van der Waals surface area contributed by atoms with Gasteiger partial charge in [0.2, 0.25) is 11.8 Å². The number of carbonyl (C=O) groups excluding carboxylic acids is 3. The summed E-state index contributed by atoms with van der Waals surface area (Å²) in [6.45, 7) is 2.73. The smallest absolute Gasteiger partial charge is 0.258 e. The first-order valence-corrected chi connectivity index (χ1v) is 11.4. The number of nitrogens with one attached hydrogen (secondary N) is 2. The highest BCUT2D eigenvalue weighted by Crippen LogP contribution is 2.31. The zero-order chi connectivity index (χ0) is 22.7. The molecule has 168 valence electrons. The maximum absolute atomic E-state index is 13.0.